The fraction of sp³-hybridized carbons (Fsp3) is 0.421. The van der Waals surface area contributed by atoms with Crippen LogP contribution in [0.2, 0.25) is 0 Å². The molecule has 0 aromatic carbocycles. The molecule has 4 nitrogen and oxygen atoms in total. The number of carbonyl (C=O) groups is 1. The van der Waals surface area contributed by atoms with Crippen LogP contribution in [0.15, 0.2) is 6.07 Å². The Kier molecular flexibility index (Phi) is 3.39. The highest BCUT2D eigenvalue weighted by Gasteiger charge is 2.29. The molecule has 24 heavy (non-hydrogen) atoms. The molecule has 0 N–H and O–H groups in total. The van der Waals surface area contributed by atoms with Crippen molar-refractivity contribution in [1.29, 1.82) is 0 Å². The topological polar surface area (TPSA) is 47.8 Å². The molecule has 1 aliphatic carbocycles. The molecule has 3 aromatic rings. The number of hydrogen-bond donors (Lipinski definition) is 0. The molecule has 0 bridgehead atoms. The van der Waals surface area contributed by atoms with E-state index < -0.39 is 0 Å². The third kappa shape index (κ3) is 2.22. The van der Waals surface area contributed by atoms with Crippen molar-refractivity contribution in [3.05, 3.63) is 45.0 Å². The SMILES string of the molecule is Cc1nc(C2CC2)nc2sc(C(=O)c3cc(C)n(C)c3C)c(C)c12. The van der Waals surface area contributed by atoms with Crippen molar-refractivity contribution in [3.63, 3.8) is 0 Å². The molecule has 0 saturated heterocycles. The first-order chi connectivity index (χ1) is 11.4. The zero-order valence-electron chi connectivity index (χ0n) is 14.7. The monoisotopic (exact) mass is 339 g/mol. The molecule has 1 fully saturated rings. The summed E-state index contributed by atoms with van der Waals surface area (Å²) in [4.78, 5) is 24.3. The highest BCUT2D eigenvalue weighted by molar-refractivity contribution is 7.20. The van der Waals surface area contributed by atoms with Gasteiger partial charge in [-0.05, 0) is 52.2 Å². The van der Waals surface area contributed by atoms with E-state index in [1.54, 1.807) is 0 Å². The number of thiophene rings is 1. The molecular formula is C19H21N3OS. The maximum Gasteiger partial charge on any atom is 0.205 e. The van der Waals surface area contributed by atoms with Gasteiger partial charge in [-0.1, -0.05) is 0 Å². The highest BCUT2D eigenvalue weighted by atomic mass is 32.1. The van der Waals surface area contributed by atoms with Gasteiger partial charge < -0.3 is 4.57 Å². The number of aromatic nitrogens is 3. The van der Waals surface area contributed by atoms with Gasteiger partial charge in [0.05, 0.1) is 10.6 Å². The average Bonchev–Trinajstić information content (AvgIpc) is 3.30. The maximum absolute atomic E-state index is 13.1. The van der Waals surface area contributed by atoms with Crippen LogP contribution in [0.4, 0.5) is 0 Å². The van der Waals surface area contributed by atoms with Crippen molar-refractivity contribution in [2.24, 2.45) is 7.05 Å². The van der Waals surface area contributed by atoms with Crippen LogP contribution in [0.25, 0.3) is 10.2 Å². The second kappa shape index (κ2) is 5.24. The Morgan fingerprint density at radius 2 is 1.92 bits per heavy atom. The average molecular weight is 339 g/mol. The van der Waals surface area contributed by atoms with Crippen LogP contribution in [-0.4, -0.2) is 20.3 Å². The first-order valence-corrected chi connectivity index (χ1v) is 9.15. The molecule has 0 unspecified atom stereocenters. The molecule has 0 aliphatic heterocycles. The molecule has 124 valence electrons. The molecule has 5 heteroatoms. The molecule has 1 saturated carbocycles. The number of hydrogen-bond acceptors (Lipinski definition) is 4. The van der Waals surface area contributed by atoms with Crippen molar-refractivity contribution < 1.29 is 4.79 Å². The predicted octanol–water partition coefficient (Wildman–Crippen LogP) is 4.37. The van der Waals surface area contributed by atoms with Gasteiger partial charge in [0, 0.05) is 35.3 Å². The van der Waals surface area contributed by atoms with Crippen molar-refractivity contribution in [3.8, 4) is 0 Å². The van der Waals surface area contributed by atoms with E-state index in [0.717, 1.165) is 49.1 Å². The Morgan fingerprint density at radius 3 is 2.50 bits per heavy atom. The summed E-state index contributed by atoms with van der Waals surface area (Å²) in [5.41, 5.74) is 4.91. The molecule has 0 atom stereocenters. The minimum absolute atomic E-state index is 0.101. The fourth-order valence-electron chi connectivity index (χ4n) is 3.31. The quantitative estimate of drug-likeness (QED) is 0.666. The lowest BCUT2D eigenvalue weighted by atomic mass is 10.1. The number of rotatable bonds is 3. The van der Waals surface area contributed by atoms with Crippen LogP contribution in [0.3, 0.4) is 0 Å². The van der Waals surface area contributed by atoms with Crippen LogP contribution >= 0.6 is 11.3 Å². The first-order valence-electron chi connectivity index (χ1n) is 8.33. The van der Waals surface area contributed by atoms with E-state index in [-0.39, 0.29) is 5.78 Å². The van der Waals surface area contributed by atoms with E-state index in [0.29, 0.717) is 5.92 Å². The van der Waals surface area contributed by atoms with Gasteiger partial charge in [0.15, 0.2) is 0 Å². The van der Waals surface area contributed by atoms with Gasteiger partial charge in [0.1, 0.15) is 10.7 Å². The summed E-state index contributed by atoms with van der Waals surface area (Å²) in [5, 5.41) is 1.05. The van der Waals surface area contributed by atoms with Crippen molar-refractivity contribution in [2.75, 3.05) is 0 Å². The van der Waals surface area contributed by atoms with Crippen LogP contribution in [0.1, 0.15) is 62.5 Å². The first kappa shape index (κ1) is 15.5. The predicted molar refractivity (Wildman–Crippen MR) is 97.2 cm³/mol. The summed E-state index contributed by atoms with van der Waals surface area (Å²) in [5.74, 6) is 1.57. The van der Waals surface area contributed by atoms with E-state index in [1.165, 1.54) is 24.2 Å². The second-order valence-corrected chi connectivity index (χ2v) is 7.85. The lowest BCUT2D eigenvalue weighted by molar-refractivity contribution is 0.104. The van der Waals surface area contributed by atoms with Gasteiger partial charge in [-0.25, -0.2) is 9.97 Å². The molecule has 4 rings (SSSR count). The largest absolute Gasteiger partial charge is 0.351 e. The Labute approximate surface area is 145 Å². The number of ketones is 1. The molecule has 0 spiro atoms. The lowest BCUT2D eigenvalue weighted by Gasteiger charge is -2.02. The van der Waals surface area contributed by atoms with Gasteiger partial charge >= 0.3 is 0 Å². The minimum atomic E-state index is 0.101. The van der Waals surface area contributed by atoms with Gasteiger partial charge in [-0.2, -0.15) is 0 Å². The molecular weight excluding hydrogens is 318 g/mol. The van der Waals surface area contributed by atoms with Crippen LogP contribution < -0.4 is 0 Å². The molecule has 1 aliphatic rings. The molecule has 0 amide bonds. The Hall–Kier alpha value is -2.01. The minimum Gasteiger partial charge on any atom is -0.351 e. The lowest BCUT2D eigenvalue weighted by Crippen LogP contribution is -2.03. The van der Waals surface area contributed by atoms with E-state index >= 15 is 0 Å². The Balaban J connectivity index is 1.87. The van der Waals surface area contributed by atoms with Crippen LogP contribution in [0, 0.1) is 27.7 Å². The Morgan fingerprint density at radius 1 is 1.21 bits per heavy atom. The summed E-state index contributed by atoms with van der Waals surface area (Å²) in [6.45, 7) is 8.07. The third-order valence-corrected chi connectivity index (χ3v) is 6.34. The third-order valence-electron chi connectivity index (χ3n) is 5.16. The standard InChI is InChI=1S/C19H21N3OS/c1-9-8-14(12(4)22(9)5)16(23)17-10(2)15-11(3)20-18(13-6-7-13)21-19(15)24-17/h8,13H,6-7H2,1-5H3. The number of carbonyl (C=O) groups excluding carboxylic acids is 1. The zero-order valence-corrected chi connectivity index (χ0v) is 15.5. The van der Waals surface area contributed by atoms with Crippen LogP contribution in [0.5, 0.6) is 0 Å². The summed E-state index contributed by atoms with van der Waals surface area (Å²) in [7, 11) is 2.00. The number of aryl methyl sites for hydroxylation is 3. The number of fused-ring (bicyclic) bond motifs is 1. The molecule has 3 aromatic heterocycles. The van der Waals surface area contributed by atoms with E-state index in [9.17, 15) is 4.79 Å². The normalized spacial score (nSPS) is 14.5. The van der Waals surface area contributed by atoms with Gasteiger partial charge in [-0.3, -0.25) is 4.79 Å². The van der Waals surface area contributed by atoms with Crippen molar-refractivity contribution >= 4 is 27.3 Å². The summed E-state index contributed by atoms with van der Waals surface area (Å²) in [6.07, 6.45) is 2.37. The van der Waals surface area contributed by atoms with E-state index in [2.05, 4.69) is 9.55 Å². The van der Waals surface area contributed by atoms with Gasteiger partial charge in [0.2, 0.25) is 5.78 Å². The summed E-state index contributed by atoms with van der Waals surface area (Å²) < 4.78 is 2.06. The van der Waals surface area contributed by atoms with Gasteiger partial charge in [-0.15, -0.1) is 11.3 Å². The smallest absolute Gasteiger partial charge is 0.205 e. The summed E-state index contributed by atoms with van der Waals surface area (Å²) >= 11 is 1.51. The van der Waals surface area contributed by atoms with Crippen LogP contribution in [-0.2, 0) is 7.05 Å². The van der Waals surface area contributed by atoms with Crippen molar-refractivity contribution in [1.82, 2.24) is 14.5 Å². The zero-order chi connectivity index (χ0) is 17.2. The maximum atomic E-state index is 13.1. The Bertz CT molecular complexity index is 992. The van der Waals surface area contributed by atoms with E-state index in [1.807, 2.05) is 40.8 Å². The van der Waals surface area contributed by atoms with Gasteiger partial charge in [0.25, 0.3) is 0 Å². The van der Waals surface area contributed by atoms with E-state index in [4.69, 9.17) is 4.98 Å². The fourth-order valence-corrected chi connectivity index (χ4v) is 4.50. The molecule has 3 heterocycles. The molecule has 0 radical (unpaired) electrons. The van der Waals surface area contributed by atoms with Crippen molar-refractivity contribution in [2.45, 2.75) is 46.5 Å². The summed E-state index contributed by atoms with van der Waals surface area (Å²) in [6, 6.07) is 1.98. The number of nitrogens with zero attached hydrogens (tertiary/aromatic N) is 3. The second-order valence-electron chi connectivity index (χ2n) is 6.85. The highest BCUT2D eigenvalue weighted by Crippen LogP contribution is 2.40.